The van der Waals surface area contributed by atoms with E-state index in [0.29, 0.717) is 6.04 Å². The van der Waals surface area contributed by atoms with Crippen molar-refractivity contribution >= 4 is 11.3 Å². The summed E-state index contributed by atoms with van der Waals surface area (Å²) in [4.78, 5) is 7.85. The van der Waals surface area contributed by atoms with Crippen molar-refractivity contribution in [1.29, 1.82) is 0 Å². The molecule has 0 amide bonds. The van der Waals surface area contributed by atoms with Crippen molar-refractivity contribution in [3.8, 4) is 0 Å². The molecule has 0 unspecified atom stereocenters. The Balaban J connectivity index is 1.69. The molecule has 1 aliphatic heterocycles. The van der Waals surface area contributed by atoms with Crippen LogP contribution in [0.25, 0.3) is 0 Å². The molecule has 0 saturated carbocycles. The molecule has 21 heavy (non-hydrogen) atoms. The maximum absolute atomic E-state index is 3.69. The fourth-order valence-corrected chi connectivity index (χ4v) is 4.31. The number of nitrogens with zero attached hydrogens (tertiary/aromatic N) is 2. The van der Waals surface area contributed by atoms with Gasteiger partial charge < -0.3 is 15.1 Å². The summed E-state index contributed by atoms with van der Waals surface area (Å²) in [5.74, 6) is 0. The van der Waals surface area contributed by atoms with Crippen LogP contribution in [0.5, 0.6) is 0 Å². The molecule has 1 aromatic heterocycles. The Labute approximate surface area is 134 Å². The number of thiophene rings is 1. The summed E-state index contributed by atoms with van der Waals surface area (Å²) in [6, 6.07) is 3.58. The Morgan fingerprint density at radius 2 is 2.00 bits per heavy atom. The Kier molecular flexibility index (Phi) is 6.23. The van der Waals surface area contributed by atoms with Crippen LogP contribution in [-0.4, -0.2) is 56.1 Å². The summed E-state index contributed by atoms with van der Waals surface area (Å²) < 4.78 is 0. The summed E-state index contributed by atoms with van der Waals surface area (Å²) in [6.07, 6.45) is 2.62. The third kappa shape index (κ3) is 4.78. The minimum absolute atomic E-state index is 0.467. The highest BCUT2D eigenvalue weighted by atomic mass is 32.1. The molecule has 2 rings (SSSR count). The van der Waals surface area contributed by atoms with E-state index >= 15 is 0 Å². The van der Waals surface area contributed by atoms with E-state index in [0.717, 1.165) is 12.6 Å². The van der Waals surface area contributed by atoms with Gasteiger partial charge in [0.2, 0.25) is 0 Å². The van der Waals surface area contributed by atoms with Gasteiger partial charge in [-0.3, -0.25) is 0 Å². The summed E-state index contributed by atoms with van der Waals surface area (Å²) in [6.45, 7) is 11.5. The zero-order valence-corrected chi connectivity index (χ0v) is 15.1. The second kappa shape index (κ2) is 7.73. The summed E-state index contributed by atoms with van der Waals surface area (Å²) in [5, 5.41) is 3.69. The molecule has 2 heterocycles. The first-order chi connectivity index (χ1) is 9.97. The van der Waals surface area contributed by atoms with E-state index in [1.54, 1.807) is 0 Å². The smallest absolute Gasteiger partial charge is 0.0303 e. The number of nitrogens with one attached hydrogen (secondary N) is 1. The first-order valence-electron chi connectivity index (χ1n) is 8.16. The minimum Gasteiger partial charge on any atom is -0.309 e. The molecule has 1 fully saturated rings. The highest BCUT2D eigenvalue weighted by Gasteiger charge is 2.20. The summed E-state index contributed by atoms with van der Waals surface area (Å²) >= 11 is 1.91. The molecule has 0 radical (unpaired) electrons. The average molecular weight is 310 g/mol. The van der Waals surface area contributed by atoms with E-state index < -0.39 is 0 Å². The van der Waals surface area contributed by atoms with Gasteiger partial charge in [0.05, 0.1) is 0 Å². The van der Waals surface area contributed by atoms with Crippen LogP contribution in [-0.2, 0) is 0 Å². The SMILES string of the molecule is Cc1cc([C@H](C)NCCN2CCC(N(C)C)CC2)c(C)s1. The predicted octanol–water partition coefficient (Wildman–Crippen LogP) is 3.04. The van der Waals surface area contributed by atoms with Gasteiger partial charge in [0.25, 0.3) is 0 Å². The highest BCUT2D eigenvalue weighted by Crippen LogP contribution is 2.26. The molecule has 0 spiro atoms. The van der Waals surface area contributed by atoms with Gasteiger partial charge >= 0.3 is 0 Å². The lowest BCUT2D eigenvalue weighted by Crippen LogP contribution is -2.44. The molecule has 1 aliphatic rings. The van der Waals surface area contributed by atoms with Crippen molar-refractivity contribution in [2.75, 3.05) is 40.3 Å². The van der Waals surface area contributed by atoms with E-state index in [9.17, 15) is 0 Å². The van der Waals surface area contributed by atoms with Gasteiger partial charge in [0.15, 0.2) is 0 Å². The normalized spacial score (nSPS) is 19.3. The third-order valence-electron chi connectivity index (χ3n) is 4.71. The van der Waals surface area contributed by atoms with Crippen molar-refractivity contribution in [2.24, 2.45) is 0 Å². The molecule has 1 saturated heterocycles. The van der Waals surface area contributed by atoms with Crippen LogP contribution >= 0.6 is 11.3 Å². The van der Waals surface area contributed by atoms with Gasteiger partial charge in [0.1, 0.15) is 0 Å². The second-order valence-corrected chi connectivity index (χ2v) is 8.04. The van der Waals surface area contributed by atoms with Gasteiger partial charge in [-0.2, -0.15) is 0 Å². The van der Waals surface area contributed by atoms with E-state index in [4.69, 9.17) is 0 Å². The largest absolute Gasteiger partial charge is 0.309 e. The standard InChI is InChI=1S/C17H31N3S/c1-13-12-17(15(3)21-13)14(2)18-8-11-20-9-6-16(7-10-20)19(4)5/h12,14,16,18H,6-11H2,1-5H3/t14-/m0/s1. The summed E-state index contributed by atoms with van der Waals surface area (Å²) in [5.41, 5.74) is 1.48. The lowest BCUT2D eigenvalue weighted by atomic mass is 10.0. The topological polar surface area (TPSA) is 18.5 Å². The Morgan fingerprint density at radius 1 is 1.33 bits per heavy atom. The van der Waals surface area contributed by atoms with E-state index in [1.165, 1.54) is 47.8 Å². The third-order valence-corrected chi connectivity index (χ3v) is 5.69. The van der Waals surface area contributed by atoms with Crippen molar-refractivity contribution in [1.82, 2.24) is 15.1 Å². The zero-order valence-electron chi connectivity index (χ0n) is 14.3. The van der Waals surface area contributed by atoms with Crippen LogP contribution in [0.2, 0.25) is 0 Å². The zero-order chi connectivity index (χ0) is 15.4. The van der Waals surface area contributed by atoms with Crippen molar-refractivity contribution in [2.45, 2.75) is 45.7 Å². The molecule has 0 bridgehead atoms. The van der Waals surface area contributed by atoms with Crippen LogP contribution < -0.4 is 5.32 Å². The van der Waals surface area contributed by atoms with Crippen LogP contribution in [0.4, 0.5) is 0 Å². The first kappa shape index (κ1) is 16.9. The average Bonchev–Trinajstić information content (AvgIpc) is 2.78. The van der Waals surface area contributed by atoms with Crippen molar-refractivity contribution in [3.63, 3.8) is 0 Å². The lowest BCUT2D eigenvalue weighted by Gasteiger charge is -2.35. The monoisotopic (exact) mass is 309 g/mol. The van der Waals surface area contributed by atoms with E-state index in [-0.39, 0.29) is 0 Å². The number of piperidine rings is 1. The molecule has 1 N–H and O–H groups in total. The van der Waals surface area contributed by atoms with E-state index in [1.807, 2.05) is 11.3 Å². The number of rotatable bonds is 6. The van der Waals surface area contributed by atoms with Crippen molar-refractivity contribution < 1.29 is 0 Å². The molecule has 4 heteroatoms. The molecule has 1 aromatic rings. The van der Waals surface area contributed by atoms with Crippen molar-refractivity contribution in [3.05, 3.63) is 21.4 Å². The number of likely N-dealkylation sites (tertiary alicyclic amines) is 1. The van der Waals surface area contributed by atoms with Gasteiger partial charge in [-0.05, 0) is 72.4 Å². The van der Waals surface area contributed by atoms with Crippen LogP contribution in [0.15, 0.2) is 6.07 Å². The molecular weight excluding hydrogens is 278 g/mol. The van der Waals surface area contributed by atoms with E-state index in [2.05, 4.69) is 56.0 Å². The quantitative estimate of drug-likeness (QED) is 0.871. The maximum Gasteiger partial charge on any atom is 0.0303 e. The van der Waals surface area contributed by atoms with Gasteiger partial charge in [-0.25, -0.2) is 0 Å². The van der Waals surface area contributed by atoms with Gasteiger partial charge in [-0.1, -0.05) is 0 Å². The fraction of sp³-hybridized carbons (Fsp3) is 0.765. The molecule has 3 nitrogen and oxygen atoms in total. The first-order valence-corrected chi connectivity index (χ1v) is 8.98. The molecule has 1 atom stereocenters. The molecule has 0 aliphatic carbocycles. The molecule has 120 valence electrons. The molecular formula is C17H31N3S. The lowest BCUT2D eigenvalue weighted by molar-refractivity contribution is 0.145. The maximum atomic E-state index is 3.69. The number of aryl methyl sites for hydroxylation is 2. The Morgan fingerprint density at radius 3 is 2.52 bits per heavy atom. The second-order valence-electron chi connectivity index (χ2n) is 6.58. The number of hydrogen-bond acceptors (Lipinski definition) is 4. The van der Waals surface area contributed by atoms with Crippen LogP contribution in [0.1, 0.15) is 41.1 Å². The predicted molar refractivity (Wildman–Crippen MR) is 93.4 cm³/mol. The molecule has 0 aromatic carbocycles. The highest BCUT2D eigenvalue weighted by molar-refractivity contribution is 7.12. The number of hydrogen-bond donors (Lipinski definition) is 1. The van der Waals surface area contributed by atoms with Crippen LogP contribution in [0.3, 0.4) is 0 Å². The summed E-state index contributed by atoms with van der Waals surface area (Å²) in [7, 11) is 4.41. The fourth-order valence-electron chi connectivity index (χ4n) is 3.29. The minimum atomic E-state index is 0.467. The Bertz CT molecular complexity index is 433. The van der Waals surface area contributed by atoms with Gasteiger partial charge in [-0.15, -0.1) is 11.3 Å². The van der Waals surface area contributed by atoms with Gasteiger partial charge in [0, 0.05) is 34.9 Å². The van der Waals surface area contributed by atoms with Crippen LogP contribution in [0, 0.1) is 13.8 Å². The Hall–Kier alpha value is -0.420.